The molecule has 1 aromatic heterocycles. The maximum Gasteiger partial charge on any atom is 0.289 e. The molecule has 1 saturated heterocycles. The van der Waals surface area contributed by atoms with Gasteiger partial charge in [0.2, 0.25) is 0 Å². The largest absolute Gasteiger partial charge is 0.497 e. The smallest absolute Gasteiger partial charge is 0.289 e. The SMILES string of the molecule is COc1ccc(CN2CCO/C(=C\c3cn(CCc4ccccc4)cn3)C2=O)cc1. The Hall–Kier alpha value is -3.54. The second kappa shape index (κ2) is 9.31. The van der Waals surface area contributed by atoms with Gasteiger partial charge in [-0.05, 0) is 29.7 Å². The second-order valence-electron chi connectivity index (χ2n) is 7.20. The zero-order valence-electron chi connectivity index (χ0n) is 17.0. The van der Waals surface area contributed by atoms with E-state index in [9.17, 15) is 4.79 Å². The highest BCUT2D eigenvalue weighted by Crippen LogP contribution is 2.18. The van der Waals surface area contributed by atoms with Crippen LogP contribution in [0.4, 0.5) is 0 Å². The fourth-order valence-corrected chi connectivity index (χ4v) is 3.40. The summed E-state index contributed by atoms with van der Waals surface area (Å²) in [6.07, 6.45) is 6.38. The number of hydrogen-bond acceptors (Lipinski definition) is 4. The number of rotatable bonds is 7. The van der Waals surface area contributed by atoms with Gasteiger partial charge in [0.1, 0.15) is 12.4 Å². The molecule has 2 aromatic carbocycles. The first-order valence-electron chi connectivity index (χ1n) is 10.0. The van der Waals surface area contributed by atoms with Gasteiger partial charge >= 0.3 is 0 Å². The number of methoxy groups -OCH3 is 1. The van der Waals surface area contributed by atoms with Crippen LogP contribution in [-0.4, -0.2) is 40.6 Å². The summed E-state index contributed by atoms with van der Waals surface area (Å²) in [6.45, 7) is 2.41. The Labute approximate surface area is 176 Å². The van der Waals surface area contributed by atoms with Gasteiger partial charge in [0, 0.05) is 25.4 Å². The quantitative estimate of drug-likeness (QED) is 0.567. The zero-order chi connectivity index (χ0) is 20.8. The van der Waals surface area contributed by atoms with Crippen LogP contribution in [-0.2, 0) is 29.0 Å². The number of aromatic nitrogens is 2. The van der Waals surface area contributed by atoms with E-state index in [1.807, 2.05) is 53.2 Å². The topological polar surface area (TPSA) is 56.6 Å². The summed E-state index contributed by atoms with van der Waals surface area (Å²) < 4.78 is 12.9. The Balaban J connectivity index is 1.39. The molecule has 0 atom stereocenters. The molecular weight excluding hydrogens is 378 g/mol. The molecule has 1 fully saturated rings. The molecular formula is C24H25N3O3. The van der Waals surface area contributed by atoms with Crippen LogP contribution in [0.15, 0.2) is 72.9 Å². The lowest BCUT2D eigenvalue weighted by atomic mass is 10.1. The number of amides is 1. The summed E-state index contributed by atoms with van der Waals surface area (Å²) in [5, 5.41) is 0. The number of imidazole rings is 1. The molecule has 6 nitrogen and oxygen atoms in total. The number of nitrogens with zero attached hydrogens (tertiary/aromatic N) is 3. The van der Waals surface area contributed by atoms with Crippen LogP contribution < -0.4 is 4.74 Å². The average Bonchev–Trinajstić information content (AvgIpc) is 3.24. The highest BCUT2D eigenvalue weighted by atomic mass is 16.5. The summed E-state index contributed by atoms with van der Waals surface area (Å²) >= 11 is 0. The monoisotopic (exact) mass is 403 g/mol. The minimum atomic E-state index is -0.115. The molecule has 6 heteroatoms. The van der Waals surface area contributed by atoms with E-state index in [4.69, 9.17) is 9.47 Å². The lowest BCUT2D eigenvalue weighted by molar-refractivity contribution is -0.136. The van der Waals surface area contributed by atoms with Crippen molar-refractivity contribution in [2.75, 3.05) is 20.3 Å². The number of carbonyl (C=O) groups excluding carboxylic acids is 1. The molecule has 0 aliphatic carbocycles. The molecule has 2 heterocycles. The summed E-state index contributed by atoms with van der Waals surface area (Å²) in [4.78, 5) is 19.1. The van der Waals surface area contributed by atoms with Crippen molar-refractivity contribution in [3.05, 3.63) is 89.7 Å². The van der Waals surface area contributed by atoms with E-state index in [1.54, 1.807) is 24.4 Å². The minimum Gasteiger partial charge on any atom is -0.497 e. The number of hydrogen-bond donors (Lipinski definition) is 0. The van der Waals surface area contributed by atoms with Crippen LogP contribution >= 0.6 is 0 Å². The standard InChI is InChI=1S/C24H25N3O3/c1-29-22-9-7-20(8-10-22)16-27-13-14-30-23(24(27)28)15-21-17-26(18-25-21)12-11-19-5-3-2-4-6-19/h2-10,15,17-18H,11-14,16H2,1H3/b23-15-. The summed E-state index contributed by atoms with van der Waals surface area (Å²) in [5.41, 5.74) is 3.05. The first kappa shape index (κ1) is 19.8. The number of morpholine rings is 1. The Bertz CT molecular complexity index is 1010. The van der Waals surface area contributed by atoms with Gasteiger partial charge in [-0.25, -0.2) is 4.98 Å². The predicted molar refractivity (Wildman–Crippen MR) is 115 cm³/mol. The van der Waals surface area contributed by atoms with Crippen molar-refractivity contribution in [3.63, 3.8) is 0 Å². The minimum absolute atomic E-state index is 0.115. The van der Waals surface area contributed by atoms with Gasteiger partial charge in [-0.15, -0.1) is 0 Å². The molecule has 4 rings (SSSR count). The van der Waals surface area contributed by atoms with Crippen molar-refractivity contribution in [1.82, 2.24) is 14.5 Å². The molecule has 1 amide bonds. The van der Waals surface area contributed by atoms with Gasteiger partial charge in [0.05, 0.1) is 25.7 Å². The van der Waals surface area contributed by atoms with E-state index in [0.717, 1.165) is 30.0 Å². The Kier molecular flexibility index (Phi) is 6.13. The predicted octanol–water partition coefficient (Wildman–Crippen LogP) is 3.53. The lowest BCUT2D eigenvalue weighted by Gasteiger charge is -2.28. The van der Waals surface area contributed by atoms with Crippen molar-refractivity contribution in [1.29, 1.82) is 0 Å². The molecule has 0 N–H and O–H groups in total. The first-order valence-corrected chi connectivity index (χ1v) is 10.0. The van der Waals surface area contributed by atoms with Crippen LogP contribution in [0.5, 0.6) is 5.75 Å². The molecule has 0 bridgehead atoms. The summed E-state index contributed by atoms with van der Waals surface area (Å²) in [6, 6.07) is 18.1. The first-order chi connectivity index (χ1) is 14.7. The van der Waals surface area contributed by atoms with Crippen molar-refractivity contribution in [2.45, 2.75) is 19.5 Å². The average molecular weight is 403 g/mol. The van der Waals surface area contributed by atoms with Crippen LogP contribution in [0, 0.1) is 0 Å². The van der Waals surface area contributed by atoms with Gasteiger partial charge in [-0.2, -0.15) is 0 Å². The van der Waals surface area contributed by atoms with Gasteiger partial charge in [0.25, 0.3) is 5.91 Å². The van der Waals surface area contributed by atoms with Crippen molar-refractivity contribution < 1.29 is 14.3 Å². The third-order valence-corrected chi connectivity index (χ3v) is 5.08. The normalized spacial score (nSPS) is 15.3. The number of ether oxygens (including phenoxy) is 2. The molecule has 154 valence electrons. The van der Waals surface area contributed by atoms with Gasteiger partial charge in [-0.3, -0.25) is 4.79 Å². The van der Waals surface area contributed by atoms with Crippen LogP contribution in [0.3, 0.4) is 0 Å². The molecule has 1 aliphatic rings. The number of benzene rings is 2. The molecule has 0 radical (unpaired) electrons. The van der Waals surface area contributed by atoms with Gasteiger partial charge in [0.15, 0.2) is 5.76 Å². The van der Waals surface area contributed by atoms with E-state index in [2.05, 4.69) is 17.1 Å². The Morgan fingerprint density at radius 1 is 1.10 bits per heavy atom. The lowest BCUT2D eigenvalue weighted by Crippen LogP contribution is -2.39. The molecule has 0 spiro atoms. The van der Waals surface area contributed by atoms with Crippen LogP contribution in [0.2, 0.25) is 0 Å². The summed E-state index contributed by atoms with van der Waals surface area (Å²) in [7, 11) is 1.64. The van der Waals surface area contributed by atoms with Crippen LogP contribution in [0.25, 0.3) is 6.08 Å². The van der Waals surface area contributed by atoms with Gasteiger partial charge < -0.3 is 18.9 Å². The van der Waals surface area contributed by atoms with E-state index in [1.165, 1.54) is 5.56 Å². The molecule has 1 aliphatic heterocycles. The number of aryl methyl sites for hydroxylation is 2. The van der Waals surface area contributed by atoms with Crippen molar-refractivity contribution in [2.24, 2.45) is 0 Å². The maximum atomic E-state index is 12.8. The van der Waals surface area contributed by atoms with Crippen molar-refractivity contribution in [3.8, 4) is 5.75 Å². The van der Waals surface area contributed by atoms with E-state index < -0.39 is 0 Å². The molecule has 0 unspecified atom stereocenters. The van der Waals surface area contributed by atoms with Gasteiger partial charge in [-0.1, -0.05) is 42.5 Å². The Morgan fingerprint density at radius 3 is 2.67 bits per heavy atom. The van der Waals surface area contributed by atoms with E-state index in [0.29, 0.717) is 25.5 Å². The van der Waals surface area contributed by atoms with Crippen molar-refractivity contribution >= 4 is 12.0 Å². The third kappa shape index (κ3) is 4.89. The fourth-order valence-electron chi connectivity index (χ4n) is 3.40. The summed E-state index contributed by atoms with van der Waals surface area (Å²) in [5.74, 6) is 1.02. The highest BCUT2D eigenvalue weighted by molar-refractivity contribution is 5.96. The zero-order valence-corrected chi connectivity index (χ0v) is 17.0. The van der Waals surface area contributed by atoms with Crippen LogP contribution in [0.1, 0.15) is 16.8 Å². The molecule has 0 saturated carbocycles. The van der Waals surface area contributed by atoms with E-state index in [-0.39, 0.29) is 5.91 Å². The third-order valence-electron chi connectivity index (χ3n) is 5.08. The second-order valence-corrected chi connectivity index (χ2v) is 7.20. The molecule has 3 aromatic rings. The highest BCUT2D eigenvalue weighted by Gasteiger charge is 2.25. The number of carbonyl (C=O) groups is 1. The fraction of sp³-hybridized carbons (Fsp3) is 0.250. The molecule has 30 heavy (non-hydrogen) atoms. The maximum absolute atomic E-state index is 12.8. The van der Waals surface area contributed by atoms with E-state index >= 15 is 0 Å². The Morgan fingerprint density at radius 2 is 1.90 bits per heavy atom.